The third-order valence-electron chi connectivity index (χ3n) is 3.06. The minimum Gasteiger partial charge on any atom is -0.207 e. The van der Waals surface area contributed by atoms with E-state index >= 15 is 0 Å². The van der Waals surface area contributed by atoms with Crippen molar-refractivity contribution in [1.29, 1.82) is 0 Å². The van der Waals surface area contributed by atoms with E-state index in [1.165, 1.54) is 4.31 Å². The number of unbranched alkanes of at least 4 members (excludes halogenated alkanes) is 1. The van der Waals surface area contributed by atoms with Crippen molar-refractivity contribution in [2.75, 3.05) is 19.0 Å². The molecular formula is C14H22ClNO2S. The number of aryl methyl sites for hydroxylation is 2. The number of hydrogen-bond donors (Lipinski definition) is 0. The van der Waals surface area contributed by atoms with E-state index in [0.717, 1.165) is 24.0 Å². The summed E-state index contributed by atoms with van der Waals surface area (Å²) >= 11 is 5.73. The Kier molecular flexibility index (Phi) is 6.30. The maximum atomic E-state index is 12.7. The molecule has 0 N–H and O–H groups in total. The molecule has 0 atom stereocenters. The quantitative estimate of drug-likeness (QED) is 0.725. The van der Waals surface area contributed by atoms with Crippen molar-refractivity contribution in [3.8, 4) is 0 Å². The zero-order valence-electron chi connectivity index (χ0n) is 11.8. The molecule has 0 aromatic heterocycles. The van der Waals surface area contributed by atoms with Gasteiger partial charge in [0.25, 0.3) is 0 Å². The third kappa shape index (κ3) is 4.20. The molecule has 0 fully saturated rings. The molecule has 0 aliphatic heterocycles. The SMILES string of the molecule is CCCCN(CCCl)S(=O)(=O)c1cc(C)ccc1C. The van der Waals surface area contributed by atoms with Crippen LogP contribution in [0.1, 0.15) is 30.9 Å². The lowest BCUT2D eigenvalue weighted by molar-refractivity contribution is 0.420. The van der Waals surface area contributed by atoms with E-state index in [-0.39, 0.29) is 0 Å². The van der Waals surface area contributed by atoms with Gasteiger partial charge in [0.15, 0.2) is 0 Å². The van der Waals surface area contributed by atoms with E-state index in [0.29, 0.717) is 23.9 Å². The molecule has 0 heterocycles. The fourth-order valence-corrected chi connectivity index (χ4v) is 4.00. The van der Waals surface area contributed by atoms with Gasteiger partial charge in [-0.2, -0.15) is 4.31 Å². The Balaban J connectivity index is 3.14. The van der Waals surface area contributed by atoms with Gasteiger partial charge < -0.3 is 0 Å². The third-order valence-corrected chi connectivity index (χ3v) is 5.27. The molecule has 0 aliphatic rings. The summed E-state index contributed by atoms with van der Waals surface area (Å²) in [7, 11) is -3.44. The first-order valence-electron chi connectivity index (χ1n) is 6.56. The average molecular weight is 304 g/mol. The van der Waals surface area contributed by atoms with Crippen molar-refractivity contribution < 1.29 is 8.42 Å². The number of nitrogens with zero attached hydrogens (tertiary/aromatic N) is 1. The molecule has 1 rings (SSSR count). The lowest BCUT2D eigenvalue weighted by Gasteiger charge is -2.22. The van der Waals surface area contributed by atoms with Gasteiger partial charge in [-0.25, -0.2) is 8.42 Å². The highest BCUT2D eigenvalue weighted by molar-refractivity contribution is 7.89. The van der Waals surface area contributed by atoms with Crippen LogP contribution in [0.25, 0.3) is 0 Å². The Hall–Kier alpha value is -0.580. The normalized spacial score (nSPS) is 12.1. The number of sulfonamides is 1. The molecule has 0 radical (unpaired) electrons. The van der Waals surface area contributed by atoms with E-state index in [9.17, 15) is 8.42 Å². The smallest absolute Gasteiger partial charge is 0.207 e. The highest BCUT2D eigenvalue weighted by Crippen LogP contribution is 2.21. The standard InChI is InChI=1S/C14H22ClNO2S/c1-4-5-9-16(10-8-15)19(17,18)14-11-12(2)6-7-13(14)3/h6-7,11H,4-5,8-10H2,1-3H3. The Labute approximate surface area is 121 Å². The van der Waals surface area contributed by atoms with E-state index in [4.69, 9.17) is 11.6 Å². The molecule has 19 heavy (non-hydrogen) atoms. The fraction of sp³-hybridized carbons (Fsp3) is 0.571. The van der Waals surface area contributed by atoms with E-state index in [2.05, 4.69) is 0 Å². The molecular weight excluding hydrogens is 282 g/mol. The van der Waals surface area contributed by atoms with Crippen molar-refractivity contribution >= 4 is 21.6 Å². The molecule has 108 valence electrons. The molecule has 0 unspecified atom stereocenters. The number of hydrogen-bond acceptors (Lipinski definition) is 2. The summed E-state index contributed by atoms with van der Waals surface area (Å²) in [5.74, 6) is 0.313. The Morgan fingerprint density at radius 2 is 1.89 bits per heavy atom. The Morgan fingerprint density at radius 3 is 2.47 bits per heavy atom. The molecule has 5 heteroatoms. The number of alkyl halides is 1. The zero-order valence-corrected chi connectivity index (χ0v) is 13.4. The van der Waals surface area contributed by atoms with Gasteiger partial charge in [-0.05, 0) is 37.5 Å². The van der Waals surface area contributed by atoms with Crippen molar-refractivity contribution in [1.82, 2.24) is 4.31 Å². The summed E-state index contributed by atoms with van der Waals surface area (Å²) < 4.78 is 26.8. The van der Waals surface area contributed by atoms with Gasteiger partial charge in [0.05, 0.1) is 4.90 Å². The molecule has 0 amide bonds. The monoisotopic (exact) mass is 303 g/mol. The molecule has 0 bridgehead atoms. The molecule has 1 aromatic rings. The molecule has 0 aliphatic carbocycles. The summed E-state index contributed by atoms with van der Waals surface area (Å²) in [6.45, 7) is 6.65. The van der Waals surface area contributed by atoms with Crippen LogP contribution >= 0.6 is 11.6 Å². The van der Waals surface area contributed by atoms with E-state index in [1.807, 2.05) is 32.9 Å². The van der Waals surface area contributed by atoms with Crippen LogP contribution in [-0.4, -0.2) is 31.7 Å². The largest absolute Gasteiger partial charge is 0.243 e. The number of benzene rings is 1. The second kappa shape index (κ2) is 7.27. The molecule has 3 nitrogen and oxygen atoms in total. The first kappa shape index (κ1) is 16.5. The minimum absolute atomic E-state index is 0.313. The summed E-state index contributed by atoms with van der Waals surface area (Å²) in [4.78, 5) is 0.397. The lowest BCUT2D eigenvalue weighted by atomic mass is 10.2. The van der Waals surface area contributed by atoms with Crippen LogP contribution in [0.2, 0.25) is 0 Å². The first-order chi connectivity index (χ1) is 8.93. The number of halogens is 1. The van der Waals surface area contributed by atoms with Crippen molar-refractivity contribution in [2.45, 2.75) is 38.5 Å². The van der Waals surface area contributed by atoms with Crippen LogP contribution < -0.4 is 0 Å². The number of rotatable bonds is 7. The second-order valence-electron chi connectivity index (χ2n) is 4.72. The highest BCUT2D eigenvalue weighted by atomic mass is 35.5. The average Bonchev–Trinajstić information content (AvgIpc) is 2.37. The van der Waals surface area contributed by atoms with Gasteiger partial charge in [0.2, 0.25) is 10.0 Å². The topological polar surface area (TPSA) is 37.4 Å². The van der Waals surface area contributed by atoms with Gasteiger partial charge in [-0.15, -0.1) is 11.6 Å². The van der Waals surface area contributed by atoms with Crippen LogP contribution in [0, 0.1) is 13.8 Å². The van der Waals surface area contributed by atoms with Crippen LogP contribution in [0.5, 0.6) is 0 Å². The van der Waals surface area contributed by atoms with Crippen LogP contribution in [0.4, 0.5) is 0 Å². The zero-order chi connectivity index (χ0) is 14.5. The van der Waals surface area contributed by atoms with Gasteiger partial charge in [0.1, 0.15) is 0 Å². The highest BCUT2D eigenvalue weighted by Gasteiger charge is 2.25. The van der Waals surface area contributed by atoms with Gasteiger partial charge in [-0.1, -0.05) is 25.5 Å². The molecule has 1 aromatic carbocycles. The molecule has 0 saturated heterocycles. The first-order valence-corrected chi connectivity index (χ1v) is 8.54. The van der Waals surface area contributed by atoms with Crippen molar-refractivity contribution in [3.63, 3.8) is 0 Å². The van der Waals surface area contributed by atoms with Crippen LogP contribution in [0.15, 0.2) is 23.1 Å². The Bertz CT molecular complexity index is 514. The predicted octanol–water partition coefficient (Wildman–Crippen LogP) is 3.33. The van der Waals surface area contributed by atoms with Gasteiger partial charge >= 0.3 is 0 Å². The summed E-state index contributed by atoms with van der Waals surface area (Å²) in [6.07, 6.45) is 1.81. The lowest BCUT2D eigenvalue weighted by Crippen LogP contribution is -2.34. The van der Waals surface area contributed by atoms with E-state index < -0.39 is 10.0 Å². The van der Waals surface area contributed by atoms with Crippen LogP contribution in [-0.2, 0) is 10.0 Å². The van der Waals surface area contributed by atoms with Gasteiger partial charge in [-0.3, -0.25) is 0 Å². The van der Waals surface area contributed by atoms with Crippen molar-refractivity contribution in [2.24, 2.45) is 0 Å². The summed E-state index contributed by atoms with van der Waals surface area (Å²) in [5.41, 5.74) is 1.73. The maximum absolute atomic E-state index is 12.7. The molecule has 0 spiro atoms. The predicted molar refractivity (Wildman–Crippen MR) is 80.3 cm³/mol. The second-order valence-corrected chi connectivity index (χ2v) is 7.00. The molecule has 0 saturated carbocycles. The summed E-state index contributed by atoms with van der Waals surface area (Å²) in [5, 5.41) is 0. The summed E-state index contributed by atoms with van der Waals surface area (Å²) in [6, 6.07) is 5.51. The fourth-order valence-electron chi connectivity index (χ4n) is 1.91. The van der Waals surface area contributed by atoms with E-state index in [1.54, 1.807) is 6.07 Å². The van der Waals surface area contributed by atoms with Gasteiger partial charge in [0, 0.05) is 19.0 Å². The van der Waals surface area contributed by atoms with Crippen molar-refractivity contribution in [3.05, 3.63) is 29.3 Å². The maximum Gasteiger partial charge on any atom is 0.243 e. The minimum atomic E-state index is -3.44. The van der Waals surface area contributed by atoms with Crippen LogP contribution in [0.3, 0.4) is 0 Å². The Morgan fingerprint density at radius 1 is 1.21 bits per heavy atom.